The lowest BCUT2D eigenvalue weighted by Crippen LogP contribution is -2.13. The number of para-hydroxylation sites is 1. The molecule has 2 aromatic rings. The monoisotopic (exact) mass is 307 g/mol. The first-order valence-electron chi connectivity index (χ1n) is 6.25. The third-order valence-electron chi connectivity index (χ3n) is 2.71. The number of carbonyl (C=O) groups is 1. The van der Waals surface area contributed by atoms with E-state index < -0.39 is 0 Å². The smallest absolute Gasteiger partial charge is 0.227 e. The van der Waals surface area contributed by atoms with Crippen LogP contribution in [-0.2, 0) is 4.79 Å². The van der Waals surface area contributed by atoms with Crippen LogP contribution in [0.4, 0.5) is 5.69 Å². The van der Waals surface area contributed by atoms with Gasteiger partial charge in [0.15, 0.2) is 0 Å². The zero-order chi connectivity index (χ0) is 14.5. The van der Waals surface area contributed by atoms with Crippen LogP contribution >= 0.6 is 23.1 Å². The molecule has 3 N–H and O–H groups in total. The van der Waals surface area contributed by atoms with E-state index >= 15 is 0 Å². The summed E-state index contributed by atoms with van der Waals surface area (Å²) in [5.74, 6) is -0.0314. The zero-order valence-corrected chi connectivity index (χ0v) is 13.1. The molecule has 4 nitrogen and oxygen atoms in total. The number of thiazole rings is 1. The van der Waals surface area contributed by atoms with E-state index in [0.717, 1.165) is 21.3 Å². The van der Waals surface area contributed by atoms with E-state index in [9.17, 15) is 4.79 Å². The van der Waals surface area contributed by atoms with E-state index in [2.05, 4.69) is 22.6 Å². The average molecular weight is 307 g/mol. The highest BCUT2D eigenvalue weighted by Gasteiger charge is 2.11. The molecule has 1 atom stereocenters. The predicted octanol–water partition coefficient (Wildman–Crippen LogP) is 3.20. The quantitative estimate of drug-likeness (QED) is 0.804. The van der Waals surface area contributed by atoms with Gasteiger partial charge < -0.3 is 11.1 Å². The second-order valence-electron chi connectivity index (χ2n) is 4.41. The van der Waals surface area contributed by atoms with E-state index in [1.54, 1.807) is 11.3 Å². The minimum absolute atomic E-state index is 0.121. The third kappa shape index (κ3) is 3.98. The molecule has 1 unspecified atom stereocenters. The summed E-state index contributed by atoms with van der Waals surface area (Å²) in [7, 11) is 0. The number of primary amides is 1. The fourth-order valence-electron chi connectivity index (χ4n) is 1.75. The number of aryl methyl sites for hydroxylation is 1. The SMILES string of the molecule is Cc1nc(C(C)Nc2ccccc2SCC(N)=O)cs1. The van der Waals surface area contributed by atoms with Gasteiger partial charge in [0, 0.05) is 16.0 Å². The number of aromatic nitrogens is 1. The number of hydrogen-bond donors (Lipinski definition) is 2. The molecule has 1 aromatic heterocycles. The molecule has 0 radical (unpaired) electrons. The van der Waals surface area contributed by atoms with Crippen LogP contribution in [0.3, 0.4) is 0 Å². The Morgan fingerprint density at radius 3 is 2.90 bits per heavy atom. The summed E-state index contributed by atoms with van der Waals surface area (Å²) < 4.78 is 0. The molecule has 0 saturated heterocycles. The molecule has 0 bridgehead atoms. The van der Waals surface area contributed by atoms with Crippen LogP contribution < -0.4 is 11.1 Å². The van der Waals surface area contributed by atoms with E-state index in [1.165, 1.54) is 11.8 Å². The lowest BCUT2D eigenvalue weighted by atomic mass is 10.2. The number of nitrogens with one attached hydrogen (secondary N) is 1. The van der Waals surface area contributed by atoms with Gasteiger partial charge >= 0.3 is 0 Å². The third-order valence-corrected chi connectivity index (χ3v) is 4.60. The molecule has 20 heavy (non-hydrogen) atoms. The summed E-state index contributed by atoms with van der Waals surface area (Å²) >= 11 is 3.09. The van der Waals surface area contributed by atoms with E-state index in [-0.39, 0.29) is 17.7 Å². The van der Waals surface area contributed by atoms with Crippen molar-refractivity contribution in [2.75, 3.05) is 11.1 Å². The molecule has 0 aliphatic rings. The van der Waals surface area contributed by atoms with Gasteiger partial charge in [-0.15, -0.1) is 23.1 Å². The van der Waals surface area contributed by atoms with Crippen molar-refractivity contribution in [2.45, 2.75) is 24.8 Å². The number of benzene rings is 1. The second-order valence-corrected chi connectivity index (χ2v) is 6.49. The number of hydrogen-bond acceptors (Lipinski definition) is 5. The van der Waals surface area contributed by atoms with Crippen molar-refractivity contribution in [1.82, 2.24) is 4.98 Å². The van der Waals surface area contributed by atoms with E-state index in [0.29, 0.717) is 0 Å². The standard InChI is InChI=1S/C14H17N3OS2/c1-9(12-7-19-10(2)17-12)16-11-5-3-4-6-13(11)20-8-14(15)18/h3-7,9,16H,8H2,1-2H3,(H2,15,18). The molecule has 1 heterocycles. The molecule has 0 aliphatic carbocycles. The molecule has 2 rings (SSSR count). The fourth-order valence-corrected chi connectivity index (χ4v) is 3.21. The Morgan fingerprint density at radius 2 is 2.25 bits per heavy atom. The number of nitrogens with zero attached hydrogens (tertiary/aromatic N) is 1. The molecule has 0 fully saturated rings. The minimum Gasteiger partial charge on any atom is -0.376 e. The van der Waals surface area contributed by atoms with Gasteiger partial charge in [-0.3, -0.25) is 4.79 Å². The predicted molar refractivity (Wildman–Crippen MR) is 85.2 cm³/mol. The molecule has 0 saturated carbocycles. The van der Waals surface area contributed by atoms with E-state index in [4.69, 9.17) is 5.73 Å². The summed E-state index contributed by atoms with van der Waals surface area (Å²) in [5.41, 5.74) is 7.22. The minimum atomic E-state index is -0.312. The molecule has 6 heteroatoms. The van der Waals surface area contributed by atoms with Crippen LogP contribution in [-0.4, -0.2) is 16.6 Å². The summed E-state index contributed by atoms with van der Waals surface area (Å²) in [4.78, 5) is 16.4. The number of carbonyl (C=O) groups excluding carboxylic acids is 1. The van der Waals surface area contributed by atoms with Gasteiger partial charge in [0.25, 0.3) is 0 Å². The Morgan fingerprint density at radius 1 is 1.50 bits per heavy atom. The Hall–Kier alpha value is -1.53. The maximum atomic E-state index is 10.9. The summed E-state index contributed by atoms with van der Waals surface area (Å²) in [6.07, 6.45) is 0. The van der Waals surface area contributed by atoms with Crippen molar-refractivity contribution in [3.63, 3.8) is 0 Å². The summed E-state index contributed by atoms with van der Waals surface area (Å²) in [6.45, 7) is 4.07. The van der Waals surface area contributed by atoms with Gasteiger partial charge in [-0.05, 0) is 26.0 Å². The first-order valence-corrected chi connectivity index (χ1v) is 8.11. The largest absolute Gasteiger partial charge is 0.376 e. The van der Waals surface area contributed by atoms with Crippen LogP contribution in [0.15, 0.2) is 34.5 Å². The van der Waals surface area contributed by atoms with Gasteiger partial charge in [0.1, 0.15) is 0 Å². The first kappa shape index (κ1) is 14.9. The molecule has 0 spiro atoms. The lowest BCUT2D eigenvalue weighted by molar-refractivity contribution is -0.115. The second kappa shape index (κ2) is 6.76. The number of rotatable bonds is 6. The number of anilines is 1. The van der Waals surface area contributed by atoms with Crippen molar-refractivity contribution in [1.29, 1.82) is 0 Å². The number of nitrogens with two attached hydrogens (primary N) is 1. The van der Waals surface area contributed by atoms with Crippen molar-refractivity contribution >= 4 is 34.7 Å². The van der Waals surface area contributed by atoms with Crippen LogP contribution in [0.25, 0.3) is 0 Å². The van der Waals surface area contributed by atoms with Gasteiger partial charge in [-0.2, -0.15) is 0 Å². The average Bonchev–Trinajstić information content (AvgIpc) is 2.84. The zero-order valence-electron chi connectivity index (χ0n) is 11.4. The Bertz CT molecular complexity index is 598. The summed E-state index contributed by atoms with van der Waals surface area (Å²) in [6, 6.07) is 8.02. The van der Waals surface area contributed by atoms with Crippen LogP contribution in [0.2, 0.25) is 0 Å². The van der Waals surface area contributed by atoms with Crippen molar-refractivity contribution < 1.29 is 4.79 Å². The van der Waals surface area contributed by atoms with Crippen molar-refractivity contribution in [3.05, 3.63) is 40.3 Å². The molecule has 106 valence electrons. The van der Waals surface area contributed by atoms with Crippen LogP contribution in [0, 0.1) is 6.92 Å². The maximum absolute atomic E-state index is 10.9. The topological polar surface area (TPSA) is 68.0 Å². The number of thioether (sulfide) groups is 1. The highest BCUT2D eigenvalue weighted by atomic mass is 32.2. The Balaban J connectivity index is 2.10. The molecular weight excluding hydrogens is 290 g/mol. The number of amides is 1. The van der Waals surface area contributed by atoms with Gasteiger partial charge in [-0.1, -0.05) is 12.1 Å². The van der Waals surface area contributed by atoms with E-state index in [1.807, 2.05) is 31.2 Å². The van der Waals surface area contributed by atoms with Crippen molar-refractivity contribution in [2.24, 2.45) is 5.73 Å². The van der Waals surface area contributed by atoms with Crippen LogP contribution in [0.1, 0.15) is 23.7 Å². The Labute approximate surface area is 126 Å². The first-order chi connectivity index (χ1) is 9.56. The highest BCUT2D eigenvalue weighted by molar-refractivity contribution is 8.00. The molecule has 1 amide bonds. The molecular formula is C14H17N3OS2. The normalized spacial score (nSPS) is 12.1. The summed E-state index contributed by atoms with van der Waals surface area (Å²) in [5, 5.41) is 6.56. The Kier molecular flexibility index (Phi) is 5.03. The lowest BCUT2D eigenvalue weighted by Gasteiger charge is -2.16. The van der Waals surface area contributed by atoms with Crippen molar-refractivity contribution in [3.8, 4) is 0 Å². The van der Waals surface area contributed by atoms with Gasteiger partial charge in [-0.25, -0.2) is 4.98 Å². The van der Waals surface area contributed by atoms with Gasteiger partial charge in [0.05, 0.1) is 22.5 Å². The highest BCUT2D eigenvalue weighted by Crippen LogP contribution is 2.30. The maximum Gasteiger partial charge on any atom is 0.227 e. The van der Waals surface area contributed by atoms with Gasteiger partial charge in [0.2, 0.25) is 5.91 Å². The van der Waals surface area contributed by atoms with Crippen LogP contribution in [0.5, 0.6) is 0 Å². The molecule has 1 aromatic carbocycles. The molecule has 0 aliphatic heterocycles. The fraction of sp³-hybridized carbons (Fsp3) is 0.286.